The molecule has 2 aromatic rings. The highest BCUT2D eigenvalue weighted by atomic mass is 35.5. The Bertz CT molecular complexity index is 841. The molecule has 0 heterocycles. The normalized spacial score (nSPS) is 14.5. The lowest BCUT2D eigenvalue weighted by Gasteiger charge is -2.19. The van der Waals surface area contributed by atoms with Crippen LogP contribution in [0.25, 0.3) is 0 Å². The minimum absolute atomic E-state index is 0.197. The minimum atomic E-state index is -0.644. The minimum Gasteiger partial charge on any atom is -0.488 e. The van der Waals surface area contributed by atoms with Gasteiger partial charge in [-0.1, -0.05) is 83.9 Å². The molecular formula is C22H18Cl2O4. The van der Waals surface area contributed by atoms with Crippen molar-refractivity contribution in [2.75, 3.05) is 13.2 Å². The fourth-order valence-corrected chi connectivity index (χ4v) is 3.15. The molecule has 28 heavy (non-hydrogen) atoms. The molecule has 0 aliphatic heterocycles. The summed E-state index contributed by atoms with van der Waals surface area (Å²) in [6.07, 6.45) is 1.13. The zero-order valence-corrected chi connectivity index (χ0v) is 16.5. The number of hydrogen-bond acceptors (Lipinski definition) is 4. The molecule has 144 valence electrons. The first-order valence-electron chi connectivity index (χ1n) is 8.80. The summed E-state index contributed by atoms with van der Waals surface area (Å²) in [5.41, 5.74) is 2.08. The highest BCUT2D eigenvalue weighted by Crippen LogP contribution is 2.30. The zero-order valence-electron chi connectivity index (χ0n) is 15.0. The fourth-order valence-electron chi connectivity index (χ4n) is 2.69. The van der Waals surface area contributed by atoms with E-state index in [1.807, 2.05) is 60.7 Å². The second-order valence-electron chi connectivity index (χ2n) is 6.11. The van der Waals surface area contributed by atoms with Crippen LogP contribution in [0.15, 0.2) is 82.2 Å². The molecule has 1 aliphatic carbocycles. The number of rotatable bonds is 8. The van der Waals surface area contributed by atoms with Crippen LogP contribution >= 0.6 is 23.2 Å². The predicted octanol–water partition coefficient (Wildman–Crippen LogP) is 4.56. The number of allylic oxidation sites excluding steroid dienone is 2. The Morgan fingerprint density at radius 1 is 0.607 bits per heavy atom. The van der Waals surface area contributed by atoms with Crippen LogP contribution < -0.4 is 0 Å². The Morgan fingerprint density at radius 2 is 0.964 bits per heavy atom. The summed E-state index contributed by atoms with van der Waals surface area (Å²) >= 11 is 12.2. The van der Waals surface area contributed by atoms with Crippen LogP contribution in [0.5, 0.6) is 0 Å². The maximum Gasteiger partial charge on any atom is 0.244 e. The van der Waals surface area contributed by atoms with Crippen LogP contribution in [-0.2, 0) is 31.9 Å². The molecule has 0 saturated carbocycles. The number of benzene rings is 2. The number of halogens is 2. The van der Waals surface area contributed by atoms with E-state index in [2.05, 4.69) is 0 Å². The summed E-state index contributed by atoms with van der Waals surface area (Å²) in [6, 6.07) is 19.2. The van der Waals surface area contributed by atoms with Crippen LogP contribution in [0.3, 0.4) is 0 Å². The van der Waals surface area contributed by atoms with Crippen LogP contribution in [0.2, 0.25) is 0 Å². The van der Waals surface area contributed by atoms with Gasteiger partial charge in [0.2, 0.25) is 11.6 Å². The maximum atomic E-state index is 12.5. The Kier molecular flexibility index (Phi) is 6.90. The summed E-state index contributed by atoms with van der Waals surface area (Å²) in [5, 5.41) is -0.616. The molecule has 0 fully saturated rings. The van der Waals surface area contributed by atoms with Gasteiger partial charge in [-0.25, -0.2) is 0 Å². The highest BCUT2D eigenvalue weighted by molar-refractivity contribution is 6.55. The Hall–Kier alpha value is -2.56. The molecule has 6 heteroatoms. The van der Waals surface area contributed by atoms with E-state index in [0.717, 1.165) is 11.1 Å². The molecule has 0 amide bonds. The Morgan fingerprint density at radius 3 is 1.32 bits per heavy atom. The van der Waals surface area contributed by atoms with Gasteiger partial charge >= 0.3 is 0 Å². The summed E-state index contributed by atoms with van der Waals surface area (Å²) in [6.45, 7) is 0.395. The maximum absolute atomic E-state index is 12.5. The van der Waals surface area contributed by atoms with Gasteiger partial charge in [-0.15, -0.1) is 0 Å². The monoisotopic (exact) mass is 416 g/mol. The second-order valence-corrected chi connectivity index (χ2v) is 6.87. The molecule has 2 aromatic carbocycles. The van der Waals surface area contributed by atoms with E-state index in [0.29, 0.717) is 12.8 Å². The van der Waals surface area contributed by atoms with E-state index < -0.39 is 11.6 Å². The molecule has 1 aliphatic rings. The molecule has 0 bridgehead atoms. The van der Waals surface area contributed by atoms with Crippen LogP contribution in [0.1, 0.15) is 11.1 Å². The van der Waals surface area contributed by atoms with Crippen molar-refractivity contribution >= 4 is 34.8 Å². The van der Waals surface area contributed by atoms with Crippen LogP contribution in [0, 0.1) is 0 Å². The van der Waals surface area contributed by atoms with Crippen molar-refractivity contribution in [2.24, 2.45) is 0 Å². The Labute approximate surface area is 173 Å². The van der Waals surface area contributed by atoms with Crippen LogP contribution in [0.4, 0.5) is 0 Å². The number of ketones is 2. The third kappa shape index (κ3) is 4.83. The molecule has 0 saturated heterocycles. The van der Waals surface area contributed by atoms with Gasteiger partial charge in [0.1, 0.15) is 10.1 Å². The van der Waals surface area contributed by atoms with Crippen LogP contribution in [-0.4, -0.2) is 24.8 Å². The van der Waals surface area contributed by atoms with Crippen molar-refractivity contribution in [3.05, 3.63) is 93.4 Å². The molecule has 0 spiro atoms. The first kappa shape index (κ1) is 20.2. The van der Waals surface area contributed by atoms with E-state index in [1.165, 1.54) is 0 Å². The van der Waals surface area contributed by atoms with E-state index >= 15 is 0 Å². The van der Waals surface area contributed by atoms with Gasteiger partial charge in [0.15, 0.2) is 11.5 Å². The fraction of sp³-hybridized carbons (Fsp3) is 0.182. The molecule has 3 rings (SSSR count). The molecule has 0 radical (unpaired) electrons. The molecule has 0 N–H and O–H groups in total. The largest absolute Gasteiger partial charge is 0.488 e. The number of carbonyl (C=O) groups is 2. The van der Waals surface area contributed by atoms with Gasteiger partial charge in [-0.3, -0.25) is 9.59 Å². The lowest BCUT2D eigenvalue weighted by atomic mass is 10.1. The average Bonchev–Trinajstić information content (AvgIpc) is 2.73. The van der Waals surface area contributed by atoms with Gasteiger partial charge in [-0.2, -0.15) is 0 Å². The number of carbonyl (C=O) groups excluding carboxylic acids is 2. The highest BCUT2D eigenvalue weighted by Gasteiger charge is 2.36. The van der Waals surface area contributed by atoms with E-state index in [1.54, 1.807) is 0 Å². The van der Waals surface area contributed by atoms with Gasteiger partial charge in [0, 0.05) is 12.8 Å². The third-order valence-electron chi connectivity index (χ3n) is 4.17. The summed E-state index contributed by atoms with van der Waals surface area (Å²) in [5.74, 6) is -1.76. The Balaban J connectivity index is 1.61. The standard InChI is InChI=1S/C22H18Cl2O4/c23-17-20(26)22(28-14-12-16-9-5-2-6-10-16)18(24)19(25)21(17)27-13-11-15-7-3-1-4-8-15/h1-10H,11-14H2. The number of ether oxygens (including phenoxy) is 2. The van der Waals surface area contributed by atoms with Gasteiger partial charge in [0.05, 0.1) is 13.2 Å². The van der Waals surface area contributed by atoms with Crippen molar-refractivity contribution in [3.8, 4) is 0 Å². The van der Waals surface area contributed by atoms with Gasteiger partial charge in [-0.05, 0) is 11.1 Å². The first-order chi connectivity index (χ1) is 13.6. The molecule has 4 nitrogen and oxygen atoms in total. The number of hydrogen-bond donors (Lipinski definition) is 0. The quantitative estimate of drug-likeness (QED) is 0.591. The number of Topliss-reactive ketones (excluding diaryl/α,β-unsaturated/α-hetero) is 2. The topological polar surface area (TPSA) is 52.6 Å². The lowest BCUT2D eigenvalue weighted by Crippen LogP contribution is -2.24. The molecule has 0 unspecified atom stereocenters. The van der Waals surface area contributed by atoms with Crippen molar-refractivity contribution in [2.45, 2.75) is 12.8 Å². The SMILES string of the molecule is O=C1C(Cl)=C(OCCc2ccccc2)C(=O)C(Cl)=C1OCCc1ccccc1. The van der Waals surface area contributed by atoms with Crippen molar-refractivity contribution < 1.29 is 19.1 Å². The summed E-state index contributed by atoms with van der Waals surface area (Å²) < 4.78 is 11.0. The first-order valence-corrected chi connectivity index (χ1v) is 9.56. The second kappa shape index (κ2) is 9.58. The third-order valence-corrected chi connectivity index (χ3v) is 4.86. The van der Waals surface area contributed by atoms with Crippen molar-refractivity contribution in [1.82, 2.24) is 0 Å². The molecule has 0 aromatic heterocycles. The van der Waals surface area contributed by atoms with Gasteiger partial charge < -0.3 is 9.47 Å². The van der Waals surface area contributed by atoms with Crippen molar-refractivity contribution in [1.29, 1.82) is 0 Å². The van der Waals surface area contributed by atoms with E-state index in [-0.39, 0.29) is 34.8 Å². The predicted molar refractivity (Wildman–Crippen MR) is 108 cm³/mol. The summed E-state index contributed by atoms with van der Waals surface area (Å²) in [7, 11) is 0. The molecule has 0 atom stereocenters. The average molecular weight is 417 g/mol. The molecular weight excluding hydrogens is 399 g/mol. The lowest BCUT2D eigenvalue weighted by molar-refractivity contribution is -0.120. The zero-order chi connectivity index (χ0) is 19.9. The van der Waals surface area contributed by atoms with E-state index in [9.17, 15) is 9.59 Å². The summed E-state index contributed by atoms with van der Waals surface area (Å²) in [4.78, 5) is 25.0. The smallest absolute Gasteiger partial charge is 0.244 e. The van der Waals surface area contributed by atoms with E-state index in [4.69, 9.17) is 32.7 Å². The van der Waals surface area contributed by atoms with Crippen molar-refractivity contribution in [3.63, 3.8) is 0 Å². The van der Waals surface area contributed by atoms with Gasteiger partial charge in [0.25, 0.3) is 0 Å².